The van der Waals surface area contributed by atoms with E-state index in [1.165, 1.54) is 6.26 Å². The molecule has 0 fully saturated rings. The summed E-state index contributed by atoms with van der Waals surface area (Å²) in [5, 5.41) is 0. The molecule has 0 radical (unpaired) electrons. The van der Waals surface area contributed by atoms with E-state index >= 15 is 0 Å². The zero-order chi connectivity index (χ0) is 12.8. The standard InChI is InChI=1S/C13H13NO4/c1-2-16-12-7-3-5-10(14-12)9-18-13(15)11-6-4-8-17-11/h3-8H,2,9H2,1H3. The van der Waals surface area contributed by atoms with Crippen LogP contribution in [0.4, 0.5) is 0 Å². The first-order valence-electron chi connectivity index (χ1n) is 5.59. The maximum absolute atomic E-state index is 11.5. The number of rotatable bonds is 5. The van der Waals surface area contributed by atoms with Crippen molar-refractivity contribution in [2.45, 2.75) is 13.5 Å². The molecule has 0 unspecified atom stereocenters. The van der Waals surface area contributed by atoms with Gasteiger partial charge in [-0.2, -0.15) is 0 Å². The highest BCUT2D eigenvalue weighted by molar-refractivity contribution is 5.86. The number of esters is 1. The molecule has 2 aromatic rings. The van der Waals surface area contributed by atoms with Crippen molar-refractivity contribution in [1.82, 2.24) is 4.98 Å². The summed E-state index contributed by atoms with van der Waals surface area (Å²) < 4.78 is 15.2. The van der Waals surface area contributed by atoms with Crippen molar-refractivity contribution >= 4 is 5.97 Å². The third kappa shape index (κ3) is 3.10. The van der Waals surface area contributed by atoms with Crippen LogP contribution in [-0.2, 0) is 11.3 Å². The first-order chi connectivity index (χ1) is 8.79. The maximum atomic E-state index is 11.5. The topological polar surface area (TPSA) is 61.6 Å². The zero-order valence-corrected chi connectivity index (χ0v) is 9.96. The van der Waals surface area contributed by atoms with Crippen LogP contribution in [0.1, 0.15) is 23.2 Å². The monoisotopic (exact) mass is 247 g/mol. The first-order valence-corrected chi connectivity index (χ1v) is 5.59. The number of ether oxygens (including phenoxy) is 2. The fourth-order valence-corrected chi connectivity index (χ4v) is 1.37. The Kier molecular flexibility index (Phi) is 3.96. The van der Waals surface area contributed by atoms with E-state index in [0.717, 1.165) is 0 Å². The molecule has 0 saturated heterocycles. The predicted molar refractivity (Wildman–Crippen MR) is 63.2 cm³/mol. The summed E-state index contributed by atoms with van der Waals surface area (Å²) in [6, 6.07) is 8.49. The van der Waals surface area contributed by atoms with Crippen LogP contribution >= 0.6 is 0 Å². The van der Waals surface area contributed by atoms with Crippen molar-refractivity contribution in [3.63, 3.8) is 0 Å². The van der Waals surface area contributed by atoms with Gasteiger partial charge in [0.25, 0.3) is 0 Å². The second kappa shape index (κ2) is 5.86. The Morgan fingerprint density at radius 2 is 2.22 bits per heavy atom. The van der Waals surface area contributed by atoms with Crippen molar-refractivity contribution in [3.05, 3.63) is 48.0 Å². The molecule has 0 bridgehead atoms. The van der Waals surface area contributed by atoms with Gasteiger partial charge in [0.1, 0.15) is 6.61 Å². The van der Waals surface area contributed by atoms with Crippen LogP contribution in [0.2, 0.25) is 0 Å². The highest BCUT2D eigenvalue weighted by atomic mass is 16.5. The molecule has 0 atom stereocenters. The number of carbonyl (C=O) groups excluding carboxylic acids is 1. The summed E-state index contributed by atoms with van der Waals surface area (Å²) in [4.78, 5) is 15.7. The van der Waals surface area contributed by atoms with Gasteiger partial charge in [-0.25, -0.2) is 9.78 Å². The fraction of sp³-hybridized carbons (Fsp3) is 0.231. The van der Waals surface area contributed by atoms with Crippen molar-refractivity contribution in [1.29, 1.82) is 0 Å². The number of nitrogens with zero attached hydrogens (tertiary/aromatic N) is 1. The van der Waals surface area contributed by atoms with Crippen LogP contribution < -0.4 is 4.74 Å². The second-order valence-electron chi connectivity index (χ2n) is 3.45. The third-order valence-electron chi connectivity index (χ3n) is 2.15. The molecule has 94 valence electrons. The van der Waals surface area contributed by atoms with Gasteiger partial charge < -0.3 is 13.9 Å². The largest absolute Gasteiger partial charge is 0.478 e. The minimum atomic E-state index is -0.511. The van der Waals surface area contributed by atoms with Gasteiger partial charge in [0.05, 0.1) is 18.6 Å². The molecular formula is C13H13NO4. The molecule has 0 saturated carbocycles. The molecule has 5 nitrogen and oxygen atoms in total. The Labute approximate surface area is 104 Å². The number of pyridine rings is 1. The molecule has 0 aliphatic rings. The lowest BCUT2D eigenvalue weighted by Crippen LogP contribution is -2.05. The number of hydrogen-bond acceptors (Lipinski definition) is 5. The molecule has 0 aromatic carbocycles. The Bertz CT molecular complexity index is 507. The van der Waals surface area contributed by atoms with E-state index in [1.54, 1.807) is 30.3 Å². The van der Waals surface area contributed by atoms with Gasteiger partial charge in [0.15, 0.2) is 0 Å². The van der Waals surface area contributed by atoms with Crippen LogP contribution in [0.15, 0.2) is 41.0 Å². The van der Waals surface area contributed by atoms with Crippen molar-refractivity contribution in [2.75, 3.05) is 6.61 Å². The van der Waals surface area contributed by atoms with E-state index in [-0.39, 0.29) is 12.4 Å². The molecule has 2 rings (SSSR count). The lowest BCUT2D eigenvalue weighted by Gasteiger charge is -2.05. The molecule has 0 aliphatic heterocycles. The van der Waals surface area contributed by atoms with Gasteiger partial charge in [0.2, 0.25) is 11.6 Å². The second-order valence-corrected chi connectivity index (χ2v) is 3.45. The molecule has 0 amide bonds. The average molecular weight is 247 g/mol. The highest BCUT2D eigenvalue weighted by Gasteiger charge is 2.10. The molecule has 0 N–H and O–H groups in total. The van der Waals surface area contributed by atoms with Crippen molar-refractivity contribution in [2.24, 2.45) is 0 Å². The van der Waals surface area contributed by atoms with Gasteiger partial charge >= 0.3 is 5.97 Å². The molecular weight excluding hydrogens is 234 g/mol. The number of hydrogen-bond donors (Lipinski definition) is 0. The van der Waals surface area contributed by atoms with Gasteiger partial charge in [0, 0.05) is 6.07 Å². The summed E-state index contributed by atoms with van der Waals surface area (Å²) in [5.74, 6) is 0.184. The van der Waals surface area contributed by atoms with E-state index in [9.17, 15) is 4.79 Å². The van der Waals surface area contributed by atoms with Gasteiger partial charge in [-0.3, -0.25) is 0 Å². The van der Waals surface area contributed by atoms with Crippen LogP contribution in [0, 0.1) is 0 Å². The van der Waals surface area contributed by atoms with Crippen molar-refractivity contribution in [3.8, 4) is 5.88 Å². The quantitative estimate of drug-likeness (QED) is 0.759. The average Bonchev–Trinajstić information content (AvgIpc) is 2.91. The Hall–Kier alpha value is -2.30. The van der Waals surface area contributed by atoms with Gasteiger partial charge in [-0.15, -0.1) is 0 Å². The third-order valence-corrected chi connectivity index (χ3v) is 2.15. The van der Waals surface area contributed by atoms with E-state index in [1.807, 2.05) is 6.92 Å². The number of furan rings is 1. The normalized spacial score (nSPS) is 10.1. The molecule has 5 heteroatoms. The van der Waals surface area contributed by atoms with Crippen LogP contribution in [0.3, 0.4) is 0 Å². The molecule has 0 aliphatic carbocycles. The fourth-order valence-electron chi connectivity index (χ4n) is 1.37. The smallest absolute Gasteiger partial charge is 0.374 e. The lowest BCUT2D eigenvalue weighted by atomic mass is 10.3. The molecule has 0 spiro atoms. The Morgan fingerprint density at radius 3 is 2.94 bits per heavy atom. The van der Waals surface area contributed by atoms with E-state index in [4.69, 9.17) is 13.9 Å². The first kappa shape index (κ1) is 12.2. The minimum absolute atomic E-state index is 0.0838. The summed E-state index contributed by atoms with van der Waals surface area (Å²) in [5.41, 5.74) is 0.626. The predicted octanol–water partition coefficient (Wildman–Crippen LogP) is 2.43. The van der Waals surface area contributed by atoms with Crippen LogP contribution in [0.25, 0.3) is 0 Å². The van der Waals surface area contributed by atoms with Crippen LogP contribution in [0.5, 0.6) is 5.88 Å². The molecule has 2 aromatic heterocycles. The van der Waals surface area contributed by atoms with Gasteiger partial charge in [-0.1, -0.05) is 6.07 Å². The van der Waals surface area contributed by atoms with Gasteiger partial charge in [-0.05, 0) is 25.1 Å². The van der Waals surface area contributed by atoms with E-state index in [0.29, 0.717) is 18.2 Å². The highest BCUT2D eigenvalue weighted by Crippen LogP contribution is 2.10. The Morgan fingerprint density at radius 1 is 1.33 bits per heavy atom. The summed E-state index contributed by atoms with van der Waals surface area (Å²) in [6.45, 7) is 2.51. The zero-order valence-electron chi connectivity index (χ0n) is 9.96. The summed E-state index contributed by atoms with van der Waals surface area (Å²) >= 11 is 0. The molecule has 2 heterocycles. The summed E-state index contributed by atoms with van der Waals surface area (Å²) in [6.07, 6.45) is 1.42. The minimum Gasteiger partial charge on any atom is -0.478 e. The van der Waals surface area contributed by atoms with E-state index < -0.39 is 5.97 Å². The SMILES string of the molecule is CCOc1cccc(COC(=O)c2ccco2)n1. The summed E-state index contributed by atoms with van der Waals surface area (Å²) in [7, 11) is 0. The lowest BCUT2D eigenvalue weighted by molar-refractivity contribution is 0.0430. The number of carbonyl (C=O) groups is 1. The molecule has 18 heavy (non-hydrogen) atoms. The Balaban J connectivity index is 1.93. The number of aromatic nitrogens is 1. The van der Waals surface area contributed by atoms with E-state index in [2.05, 4.69) is 4.98 Å². The van der Waals surface area contributed by atoms with Crippen molar-refractivity contribution < 1.29 is 18.7 Å². The van der Waals surface area contributed by atoms with Crippen LogP contribution in [-0.4, -0.2) is 17.6 Å². The maximum Gasteiger partial charge on any atom is 0.374 e.